The summed E-state index contributed by atoms with van der Waals surface area (Å²) < 4.78 is 38.9. The molecule has 1 N–H and O–H groups in total. The van der Waals surface area contributed by atoms with Crippen molar-refractivity contribution in [2.45, 2.75) is 6.36 Å². The Morgan fingerprint density at radius 2 is 2.00 bits per heavy atom. The van der Waals surface area contributed by atoms with E-state index in [1.54, 1.807) is 0 Å². The molecule has 0 fully saturated rings. The number of nitro benzene ring substituents is 1. The van der Waals surface area contributed by atoms with E-state index in [0.717, 1.165) is 0 Å². The Hall–Kier alpha value is -1.70. The van der Waals surface area contributed by atoms with Crippen LogP contribution >= 0.6 is 11.6 Å². The molecule has 0 aliphatic carbocycles. The Balaban J connectivity index is 3.22. The summed E-state index contributed by atoms with van der Waals surface area (Å²) in [5.74, 6) is -2.13. The fraction of sp³-hybridized carbons (Fsp3) is 0.143. The SMILES string of the molecule is O=[N+]([O-])c1cc(Cl)c(O)c(OC(F)(F)F)c1. The quantitative estimate of drug-likeness (QED) is 0.653. The van der Waals surface area contributed by atoms with Gasteiger partial charge in [-0.15, -0.1) is 13.2 Å². The van der Waals surface area contributed by atoms with Crippen LogP contribution in [-0.4, -0.2) is 16.4 Å². The molecule has 0 aliphatic heterocycles. The van der Waals surface area contributed by atoms with Crippen LogP contribution in [0, 0.1) is 10.1 Å². The van der Waals surface area contributed by atoms with Crippen molar-refractivity contribution in [3.05, 3.63) is 27.3 Å². The molecule has 0 radical (unpaired) electrons. The first kappa shape index (κ1) is 12.4. The van der Waals surface area contributed by atoms with E-state index < -0.39 is 33.5 Å². The molecule has 0 unspecified atom stereocenters. The number of non-ortho nitro benzene ring substituents is 1. The van der Waals surface area contributed by atoms with Gasteiger partial charge >= 0.3 is 6.36 Å². The number of phenolic OH excluding ortho intramolecular Hbond substituents is 1. The fourth-order valence-electron chi connectivity index (χ4n) is 0.868. The molecule has 5 nitrogen and oxygen atoms in total. The molecule has 0 spiro atoms. The largest absolute Gasteiger partial charge is 0.573 e. The van der Waals surface area contributed by atoms with Gasteiger partial charge in [0.15, 0.2) is 11.5 Å². The number of rotatable bonds is 2. The van der Waals surface area contributed by atoms with E-state index in [-0.39, 0.29) is 0 Å². The molecule has 1 rings (SSSR count). The Labute approximate surface area is 91.2 Å². The molecular formula is C7H3ClF3NO4. The van der Waals surface area contributed by atoms with E-state index in [1.165, 1.54) is 0 Å². The van der Waals surface area contributed by atoms with E-state index in [1.807, 2.05) is 0 Å². The lowest BCUT2D eigenvalue weighted by atomic mass is 10.3. The first-order chi connectivity index (χ1) is 7.20. The van der Waals surface area contributed by atoms with Gasteiger partial charge in [-0.3, -0.25) is 10.1 Å². The molecule has 0 amide bonds. The molecule has 0 aliphatic rings. The number of ether oxygens (including phenoxy) is 1. The maximum Gasteiger partial charge on any atom is 0.573 e. The molecule has 0 heterocycles. The topological polar surface area (TPSA) is 72.6 Å². The van der Waals surface area contributed by atoms with Gasteiger partial charge in [0.05, 0.1) is 16.0 Å². The van der Waals surface area contributed by atoms with Crippen LogP contribution in [0.1, 0.15) is 0 Å². The minimum absolute atomic E-state index is 0.425. The van der Waals surface area contributed by atoms with E-state index >= 15 is 0 Å². The standard InChI is InChI=1S/C7H3ClF3NO4/c8-4-1-3(12(14)15)2-5(6(4)13)16-7(9,10)11/h1-2,13H. The highest BCUT2D eigenvalue weighted by Crippen LogP contribution is 2.40. The number of alkyl halides is 3. The maximum absolute atomic E-state index is 11.8. The molecule has 0 aromatic heterocycles. The molecule has 1 aromatic rings. The van der Waals surface area contributed by atoms with Crippen LogP contribution in [0.2, 0.25) is 5.02 Å². The second-order valence-corrected chi connectivity index (χ2v) is 2.99. The zero-order chi connectivity index (χ0) is 12.5. The zero-order valence-corrected chi connectivity index (χ0v) is 8.04. The number of hydrogen-bond donors (Lipinski definition) is 1. The Morgan fingerprint density at radius 1 is 1.44 bits per heavy atom. The highest BCUT2D eigenvalue weighted by atomic mass is 35.5. The first-order valence-corrected chi connectivity index (χ1v) is 4.01. The van der Waals surface area contributed by atoms with Crippen LogP contribution in [0.5, 0.6) is 11.5 Å². The van der Waals surface area contributed by atoms with Crippen molar-refractivity contribution >= 4 is 17.3 Å². The highest BCUT2D eigenvalue weighted by molar-refractivity contribution is 6.32. The fourth-order valence-corrected chi connectivity index (χ4v) is 1.07. The van der Waals surface area contributed by atoms with Gasteiger partial charge in [-0.1, -0.05) is 11.6 Å². The van der Waals surface area contributed by atoms with Crippen molar-refractivity contribution in [2.24, 2.45) is 0 Å². The van der Waals surface area contributed by atoms with Gasteiger partial charge in [-0.2, -0.15) is 0 Å². The number of benzene rings is 1. The third-order valence-electron chi connectivity index (χ3n) is 1.45. The van der Waals surface area contributed by atoms with Crippen LogP contribution in [0.4, 0.5) is 18.9 Å². The van der Waals surface area contributed by atoms with Crippen LogP contribution in [-0.2, 0) is 0 Å². The maximum atomic E-state index is 11.8. The summed E-state index contributed by atoms with van der Waals surface area (Å²) in [4.78, 5) is 9.35. The summed E-state index contributed by atoms with van der Waals surface area (Å²) in [6.45, 7) is 0. The van der Waals surface area contributed by atoms with Gasteiger partial charge < -0.3 is 9.84 Å². The Morgan fingerprint density at radius 3 is 2.44 bits per heavy atom. The number of nitrogens with zero attached hydrogens (tertiary/aromatic N) is 1. The summed E-state index contributed by atoms with van der Waals surface area (Å²) >= 11 is 5.29. The predicted octanol–water partition coefficient (Wildman–Crippen LogP) is 2.85. The molecule has 16 heavy (non-hydrogen) atoms. The third kappa shape index (κ3) is 2.89. The molecule has 0 saturated heterocycles. The van der Waals surface area contributed by atoms with Gasteiger partial charge in [0.1, 0.15) is 0 Å². The third-order valence-corrected chi connectivity index (χ3v) is 1.74. The summed E-state index contributed by atoms with van der Waals surface area (Å²) in [5.41, 5.74) is -0.720. The average molecular weight is 258 g/mol. The Bertz CT molecular complexity index is 434. The molecule has 0 saturated carbocycles. The molecule has 0 bridgehead atoms. The summed E-state index contributed by atoms with van der Waals surface area (Å²) in [5, 5.41) is 18.8. The highest BCUT2D eigenvalue weighted by Gasteiger charge is 2.33. The van der Waals surface area contributed by atoms with Crippen LogP contribution in [0.25, 0.3) is 0 Å². The van der Waals surface area contributed by atoms with Crippen molar-refractivity contribution < 1.29 is 27.9 Å². The van der Waals surface area contributed by atoms with Gasteiger partial charge in [-0.25, -0.2) is 0 Å². The summed E-state index contributed by atoms with van der Waals surface area (Å²) in [6, 6.07) is 1.13. The van der Waals surface area contributed by atoms with Gasteiger partial charge in [-0.05, 0) is 0 Å². The van der Waals surface area contributed by atoms with Crippen molar-refractivity contribution in [3.8, 4) is 11.5 Å². The van der Waals surface area contributed by atoms with E-state index in [4.69, 9.17) is 16.7 Å². The minimum Gasteiger partial charge on any atom is -0.503 e. The zero-order valence-electron chi connectivity index (χ0n) is 7.29. The molecule has 0 atom stereocenters. The van der Waals surface area contributed by atoms with Crippen molar-refractivity contribution in [1.29, 1.82) is 0 Å². The lowest BCUT2D eigenvalue weighted by Crippen LogP contribution is -2.17. The molecule has 1 aromatic carbocycles. The number of halogens is 4. The van der Waals surface area contributed by atoms with E-state index in [0.29, 0.717) is 12.1 Å². The number of nitro groups is 1. The summed E-state index contributed by atoms with van der Waals surface area (Å²) in [7, 11) is 0. The summed E-state index contributed by atoms with van der Waals surface area (Å²) in [6.07, 6.45) is -5.07. The van der Waals surface area contributed by atoms with Crippen LogP contribution in [0.15, 0.2) is 12.1 Å². The first-order valence-electron chi connectivity index (χ1n) is 3.63. The van der Waals surface area contributed by atoms with Gasteiger partial charge in [0.25, 0.3) is 5.69 Å². The van der Waals surface area contributed by atoms with E-state index in [9.17, 15) is 23.3 Å². The van der Waals surface area contributed by atoms with E-state index in [2.05, 4.69) is 4.74 Å². The monoisotopic (exact) mass is 257 g/mol. The molecular weight excluding hydrogens is 255 g/mol. The van der Waals surface area contributed by atoms with Gasteiger partial charge in [0, 0.05) is 6.07 Å². The predicted molar refractivity (Wildman–Crippen MR) is 46.5 cm³/mol. The lowest BCUT2D eigenvalue weighted by Gasteiger charge is -2.10. The number of aromatic hydroxyl groups is 1. The second-order valence-electron chi connectivity index (χ2n) is 2.58. The second kappa shape index (κ2) is 4.05. The number of phenols is 1. The minimum atomic E-state index is -5.07. The van der Waals surface area contributed by atoms with Gasteiger partial charge in [0.2, 0.25) is 0 Å². The van der Waals surface area contributed by atoms with Crippen molar-refractivity contribution in [1.82, 2.24) is 0 Å². The average Bonchev–Trinajstić information content (AvgIpc) is 2.10. The normalized spacial score (nSPS) is 11.2. The molecule has 88 valence electrons. The van der Waals surface area contributed by atoms with Crippen LogP contribution < -0.4 is 4.74 Å². The Kier molecular flexibility index (Phi) is 3.13. The molecule has 9 heteroatoms. The lowest BCUT2D eigenvalue weighted by molar-refractivity contribution is -0.385. The number of hydrogen-bond acceptors (Lipinski definition) is 4. The van der Waals surface area contributed by atoms with Crippen molar-refractivity contribution in [2.75, 3.05) is 0 Å². The van der Waals surface area contributed by atoms with Crippen molar-refractivity contribution in [3.63, 3.8) is 0 Å². The smallest absolute Gasteiger partial charge is 0.503 e. The van der Waals surface area contributed by atoms with Crippen LogP contribution in [0.3, 0.4) is 0 Å².